The zero-order chi connectivity index (χ0) is 30.3. The third-order valence-corrected chi connectivity index (χ3v) is 8.50. The number of aliphatic imine (C=N–C) groups is 2. The standard InChI is InChI=1S/C40H64N2.Ni/c1-6-11-16-21-26-40(42-39-30-28-35(23-18-13-8-3)37(32-39)25-20-15-10-5)33-41-38-29-27-34(22-17-12-7-2)36(31-38)24-19-14-9-4;/h27-33H,6-26H2,1-5H3;/b41-33+,42-40+;. The van der Waals surface area contributed by atoms with Gasteiger partial charge in [-0.3, -0.25) is 9.98 Å². The van der Waals surface area contributed by atoms with Gasteiger partial charge in [0, 0.05) is 22.7 Å². The molecule has 0 aromatic heterocycles. The van der Waals surface area contributed by atoms with Gasteiger partial charge in [0.25, 0.3) is 0 Å². The van der Waals surface area contributed by atoms with Crippen LogP contribution in [0, 0.1) is 0 Å². The number of nitrogens with zero attached hydrogens (tertiary/aromatic N) is 2. The second-order valence-corrected chi connectivity index (χ2v) is 12.4. The predicted octanol–water partition coefficient (Wildman–Crippen LogP) is 13.1. The van der Waals surface area contributed by atoms with Crippen LogP contribution in [0.25, 0.3) is 0 Å². The smallest absolute Gasteiger partial charge is 0.0636 e. The summed E-state index contributed by atoms with van der Waals surface area (Å²) in [6, 6.07) is 13.9. The van der Waals surface area contributed by atoms with Crippen LogP contribution in [0.2, 0.25) is 0 Å². The van der Waals surface area contributed by atoms with Crippen LogP contribution in [-0.4, -0.2) is 11.9 Å². The Bertz CT molecular complexity index is 1040. The normalized spacial score (nSPS) is 11.8. The van der Waals surface area contributed by atoms with Gasteiger partial charge in [0.15, 0.2) is 0 Å². The monoisotopic (exact) mass is 630 g/mol. The van der Waals surface area contributed by atoms with Gasteiger partial charge in [0.1, 0.15) is 0 Å². The number of hydrogen-bond donors (Lipinski definition) is 0. The van der Waals surface area contributed by atoms with Crippen LogP contribution < -0.4 is 0 Å². The quantitative estimate of drug-likeness (QED) is 0.0626. The fraction of sp³-hybridized carbons (Fsp3) is 0.650. The van der Waals surface area contributed by atoms with E-state index < -0.39 is 0 Å². The summed E-state index contributed by atoms with van der Waals surface area (Å²) in [4.78, 5) is 10.2. The van der Waals surface area contributed by atoms with Gasteiger partial charge in [-0.25, -0.2) is 0 Å². The molecule has 0 fully saturated rings. The molecular weight excluding hydrogens is 567 g/mol. The minimum atomic E-state index is 0. The minimum absolute atomic E-state index is 0. The van der Waals surface area contributed by atoms with Gasteiger partial charge in [-0.1, -0.05) is 117 Å². The maximum absolute atomic E-state index is 5.22. The fourth-order valence-corrected chi connectivity index (χ4v) is 5.79. The van der Waals surface area contributed by atoms with Crippen molar-refractivity contribution >= 4 is 23.3 Å². The Labute approximate surface area is 277 Å². The van der Waals surface area contributed by atoms with Crippen molar-refractivity contribution in [1.82, 2.24) is 0 Å². The average Bonchev–Trinajstić information content (AvgIpc) is 3.00. The van der Waals surface area contributed by atoms with Crippen molar-refractivity contribution in [2.45, 2.75) is 169 Å². The van der Waals surface area contributed by atoms with E-state index in [1.807, 2.05) is 0 Å². The Kier molecular flexibility index (Phi) is 23.4. The molecule has 0 N–H and O–H groups in total. The van der Waals surface area contributed by atoms with Gasteiger partial charge in [-0.2, -0.15) is 0 Å². The molecule has 3 heteroatoms. The molecule has 43 heavy (non-hydrogen) atoms. The summed E-state index contributed by atoms with van der Waals surface area (Å²) in [7, 11) is 0. The predicted molar refractivity (Wildman–Crippen MR) is 190 cm³/mol. The Morgan fingerprint density at radius 1 is 0.488 bits per heavy atom. The van der Waals surface area contributed by atoms with E-state index in [0.29, 0.717) is 0 Å². The molecule has 0 bridgehead atoms. The second-order valence-electron chi connectivity index (χ2n) is 12.4. The van der Waals surface area contributed by atoms with E-state index in [-0.39, 0.29) is 16.5 Å². The van der Waals surface area contributed by atoms with Gasteiger partial charge >= 0.3 is 0 Å². The molecule has 0 heterocycles. The van der Waals surface area contributed by atoms with Crippen molar-refractivity contribution in [3.05, 3.63) is 58.7 Å². The minimum Gasteiger partial charge on any atom is -0.255 e. The molecule has 0 saturated carbocycles. The molecule has 2 nitrogen and oxygen atoms in total. The first-order chi connectivity index (χ1) is 20.6. The zero-order valence-electron chi connectivity index (χ0n) is 28.6. The third kappa shape index (κ3) is 16.8. The maximum atomic E-state index is 5.22. The van der Waals surface area contributed by atoms with Crippen LogP contribution in [0.4, 0.5) is 11.4 Å². The Balaban J connectivity index is 0.00000924. The number of unbranched alkanes of at least 4 members (excludes halogenated alkanes) is 11. The van der Waals surface area contributed by atoms with E-state index >= 15 is 0 Å². The first-order valence-electron chi connectivity index (χ1n) is 18.0. The van der Waals surface area contributed by atoms with Gasteiger partial charge in [-0.05, 0) is 111 Å². The summed E-state index contributed by atoms with van der Waals surface area (Å²) in [6.07, 6.45) is 28.2. The van der Waals surface area contributed by atoms with E-state index in [1.54, 1.807) is 0 Å². The average molecular weight is 632 g/mol. The molecule has 0 spiro atoms. The van der Waals surface area contributed by atoms with Gasteiger partial charge in [0.05, 0.1) is 17.1 Å². The molecule has 0 saturated heterocycles. The Morgan fingerprint density at radius 3 is 1.40 bits per heavy atom. The van der Waals surface area contributed by atoms with Crippen LogP contribution in [0.5, 0.6) is 0 Å². The van der Waals surface area contributed by atoms with E-state index in [1.165, 1.54) is 151 Å². The molecule has 2 aromatic carbocycles. The van der Waals surface area contributed by atoms with Crippen molar-refractivity contribution in [3.8, 4) is 0 Å². The summed E-state index contributed by atoms with van der Waals surface area (Å²) in [5, 5.41) is 0. The van der Waals surface area contributed by atoms with Gasteiger partial charge < -0.3 is 0 Å². The molecule has 0 aliphatic heterocycles. The number of benzene rings is 2. The topological polar surface area (TPSA) is 24.7 Å². The number of aryl methyl sites for hydroxylation is 4. The van der Waals surface area contributed by atoms with E-state index in [2.05, 4.69) is 77.2 Å². The summed E-state index contributed by atoms with van der Waals surface area (Å²) in [6.45, 7) is 11.4. The molecule has 244 valence electrons. The van der Waals surface area contributed by atoms with Crippen LogP contribution in [0.3, 0.4) is 0 Å². The fourth-order valence-electron chi connectivity index (χ4n) is 5.79. The van der Waals surface area contributed by atoms with Gasteiger partial charge in [0.2, 0.25) is 0 Å². The molecule has 0 amide bonds. The summed E-state index contributed by atoms with van der Waals surface area (Å²) >= 11 is 0. The van der Waals surface area contributed by atoms with Crippen molar-refractivity contribution in [2.24, 2.45) is 9.98 Å². The molecule has 2 aromatic rings. The van der Waals surface area contributed by atoms with Crippen molar-refractivity contribution in [2.75, 3.05) is 0 Å². The summed E-state index contributed by atoms with van der Waals surface area (Å²) in [5.41, 5.74) is 9.37. The largest absolute Gasteiger partial charge is 0.255 e. The molecule has 0 radical (unpaired) electrons. The summed E-state index contributed by atoms with van der Waals surface area (Å²) in [5.74, 6) is 0. The van der Waals surface area contributed by atoms with E-state index in [9.17, 15) is 0 Å². The molecule has 0 aliphatic carbocycles. The first-order valence-corrected chi connectivity index (χ1v) is 18.0. The van der Waals surface area contributed by atoms with Crippen molar-refractivity contribution in [3.63, 3.8) is 0 Å². The van der Waals surface area contributed by atoms with E-state index in [4.69, 9.17) is 9.98 Å². The number of hydrogen-bond acceptors (Lipinski definition) is 2. The van der Waals surface area contributed by atoms with Gasteiger partial charge in [-0.15, -0.1) is 0 Å². The Hall–Kier alpha value is -1.73. The van der Waals surface area contributed by atoms with Crippen LogP contribution in [0.15, 0.2) is 46.4 Å². The zero-order valence-corrected chi connectivity index (χ0v) is 29.6. The van der Waals surface area contributed by atoms with E-state index in [0.717, 1.165) is 23.5 Å². The molecule has 2 rings (SSSR count). The molecule has 0 aliphatic rings. The SMILES string of the molecule is CCCCCCC(/C=N/c1ccc(CCCCC)c(CCCCC)c1)=N\c1ccc(CCCCC)c(CCCCC)c1.[Ni]. The molecule has 0 atom stereocenters. The Morgan fingerprint density at radius 2 is 0.907 bits per heavy atom. The van der Waals surface area contributed by atoms with Crippen molar-refractivity contribution < 1.29 is 16.5 Å². The molecular formula is C40H64N2Ni. The van der Waals surface area contributed by atoms with Crippen LogP contribution in [-0.2, 0) is 42.2 Å². The number of rotatable bonds is 24. The summed E-state index contributed by atoms with van der Waals surface area (Å²) < 4.78 is 0. The first kappa shape index (κ1) is 39.3. The second kappa shape index (κ2) is 25.6. The third-order valence-electron chi connectivity index (χ3n) is 8.50. The van der Waals surface area contributed by atoms with Crippen LogP contribution in [0.1, 0.15) is 166 Å². The maximum Gasteiger partial charge on any atom is 0.0636 e. The molecule has 0 unspecified atom stereocenters. The van der Waals surface area contributed by atoms with Crippen molar-refractivity contribution in [1.29, 1.82) is 0 Å². The van der Waals surface area contributed by atoms with Crippen LogP contribution >= 0.6 is 0 Å².